The summed E-state index contributed by atoms with van der Waals surface area (Å²) in [6, 6.07) is 0. The lowest BCUT2D eigenvalue weighted by molar-refractivity contribution is -0.348. The van der Waals surface area contributed by atoms with Gasteiger partial charge in [0.05, 0.1) is 6.54 Å². The summed E-state index contributed by atoms with van der Waals surface area (Å²) in [5.74, 6) is -5.98. The molecule has 1 saturated heterocycles. The summed E-state index contributed by atoms with van der Waals surface area (Å²) in [6.45, 7) is -2.68. The van der Waals surface area contributed by atoms with Gasteiger partial charge in [-0.15, -0.1) is 0 Å². The molecule has 0 saturated carbocycles. The first-order valence-corrected chi connectivity index (χ1v) is 8.64. The molecule has 1 aliphatic rings. The predicted molar refractivity (Wildman–Crippen MR) is 101 cm³/mol. The summed E-state index contributed by atoms with van der Waals surface area (Å²) in [6.07, 6.45) is -7.82. The van der Waals surface area contributed by atoms with Crippen molar-refractivity contribution in [2.75, 3.05) is 13.2 Å². The fourth-order valence-electron chi connectivity index (χ4n) is 2.87. The molecule has 1 fully saturated rings. The number of nitrogens with one attached hydrogen (secondary N) is 1. The van der Waals surface area contributed by atoms with E-state index in [1.165, 1.54) is 0 Å². The van der Waals surface area contributed by atoms with Gasteiger partial charge < -0.3 is 34.8 Å². The van der Waals surface area contributed by atoms with Gasteiger partial charge in [0.15, 0.2) is 34.8 Å². The van der Waals surface area contributed by atoms with Crippen molar-refractivity contribution in [3.05, 3.63) is 12.7 Å². The number of carbonyl (C=O) groups excluding carboxylic acids is 5. The van der Waals surface area contributed by atoms with Crippen LogP contribution < -0.4 is 5.32 Å². The Kier molecular flexibility index (Phi) is 6.71. The Bertz CT molecular complexity index is 844. The maximum Gasteiger partial charge on any atom is 0.302 e. The molecular formula is C19H27NO11. The van der Waals surface area contributed by atoms with Crippen LogP contribution in [-0.4, -0.2) is 93.5 Å². The Morgan fingerprint density at radius 3 is 2.35 bits per heavy atom. The monoisotopic (exact) mass is 449 g/mol. The van der Waals surface area contributed by atoms with Gasteiger partial charge in [-0.3, -0.25) is 24.0 Å². The van der Waals surface area contributed by atoms with E-state index >= 15 is 0 Å². The normalized spacial score (nSPS) is 32.9. The molecule has 2 unspecified atom stereocenters. The van der Waals surface area contributed by atoms with Crippen molar-refractivity contribution in [1.82, 2.24) is 5.32 Å². The van der Waals surface area contributed by atoms with Gasteiger partial charge in [-0.25, -0.2) is 0 Å². The third kappa shape index (κ3) is 5.22. The summed E-state index contributed by atoms with van der Waals surface area (Å²) in [5, 5.41) is 35.2. The molecule has 31 heavy (non-hydrogen) atoms. The number of esters is 1. The van der Waals surface area contributed by atoms with E-state index in [4.69, 9.17) is 15.0 Å². The molecule has 0 aromatic carbocycles. The minimum Gasteiger partial charge on any atom is -0.463 e. The Morgan fingerprint density at radius 2 is 1.81 bits per heavy atom. The van der Waals surface area contributed by atoms with Crippen molar-refractivity contribution in [3.8, 4) is 0 Å². The molecule has 0 aliphatic carbocycles. The fraction of sp³-hybridized carbons (Fsp3) is 0.632. The molecule has 0 spiro atoms. The van der Waals surface area contributed by atoms with E-state index < -0.39 is 106 Å². The quantitative estimate of drug-likeness (QED) is 0.205. The second-order valence-corrected chi connectivity index (χ2v) is 6.54. The number of amides is 1. The molecule has 1 heterocycles. The summed E-state index contributed by atoms with van der Waals surface area (Å²) in [7, 11) is 0. The Morgan fingerprint density at radius 1 is 1.16 bits per heavy atom. The summed E-state index contributed by atoms with van der Waals surface area (Å²) in [5.41, 5.74) is -6.92. The van der Waals surface area contributed by atoms with E-state index in [-0.39, 0.29) is 0 Å². The van der Waals surface area contributed by atoms with E-state index in [0.29, 0.717) is 0 Å². The van der Waals surface area contributed by atoms with Crippen LogP contribution in [0, 0.1) is 0 Å². The molecule has 12 nitrogen and oxygen atoms in total. The van der Waals surface area contributed by atoms with Crippen LogP contribution in [0.4, 0.5) is 0 Å². The van der Waals surface area contributed by atoms with Crippen LogP contribution in [0.25, 0.3) is 0 Å². The van der Waals surface area contributed by atoms with E-state index in [9.17, 15) is 39.3 Å². The molecule has 1 amide bonds. The minimum atomic E-state index is -3.52. The number of ketones is 3. The van der Waals surface area contributed by atoms with Gasteiger partial charge in [-0.1, -0.05) is 6.58 Å². The lowest BCUT2D eigenvalue weighted by atomic mass is 9.68. The van der Waals surface area contributed by atoms with E-state index in [2.05, 4.69) is 16.6 Å². The lowest BCUT2D eigenvalue weighted by Gasteiger charge is -2.52. The fourth-order valence-corrected chi connectivity index (χ4v) is 2.87. The van der Waals surface area contributed by atoms with Gasteiger partial charge in [-0.05, 0) is 26.8 Å². The third-order valence-corrected chi connectivity index (χ3v) is 4.58. The van der Waals surface area contributed by atoms with Crippen LogP contribution in [0.2, 0.25) is 0 Å². The highest BCUT2D eigenvalue weighted by molar-refractivity contribution is 5.98. The highest BCUT2D eigenvalue weighted by Gasteiger charge is 2.70. The van der Waals surface area contributed by atoms with Crippen molar-refractivity contribution in [3.63, 3.8) is 0 Å². The standard InChI is InChI=1S/C19H27NO11/c1-6-15(25)20-7-13(9(2)21)30-17-16(26)19(28,11(4)23)18(27,10(3)22)14(31-17)8-29-12(5)24/h6,13-14,16-17,26-28H,1,7-8H2,2-5H3,(H,20,25)/t13?,14-,16-,17?,18-,19-/m1/s1/i2D,3D,4D,5D. The van der Waals surface area contributed by atoms with E-state index in [0.717, 1.165) is 6.08 Å². The van der Waals surface area contributed by atoms with Crippen molar-refractivity contribution in [2.24, 2.45) is 0 Å². The van der Waals surface area contributed by atoms with Crippen LogP contribution in [0.3, 0.4) is 0 Å². The van der Waals surface area contributed by atoms with E-state index in [1.807, 2.05) is 0 Å². The average Bonchev–Trinajstić information content (AvgIpc) is 2.87. The molecule has 0 aromatic heterocycles. The molecule has 1 rings (SSSR count). The van der Waals surface area contributed by atoms with Gasteiger partial charge in [0.2, 0.25) is 5.91 Å². The number of ether oxygens (including phenoxy) is 3. The zero-order valence-corrected chi connectivity index (χ0v) is 16.4. The molecule has 1 aliphatic heterocycles. The number of hydrogen-bond donors (Lipinski definition) is 4. The maximum atomic E-state index is 12.6. The molecule has 12 heteroatoms. The molecule has 0 bridgehead atoms. The van der Waals surface area contributed by atoms with Gasteiger partial charge in [0.1, 0.15) is 24.9 Å². The largest absolute Gasteiger partial charge is 0.463 e. The molecule has 0 radical (unpaired) electrons. The van der Waals surface area contributed by atoms with Crippen molar-refractivity contribution < 1.29 is 59.0 Å². The van der Waals surface area contributed by atoms with Gasteiger partial charge in [0.25, 0.3) is 0 Å². The number of aliphatic hydroxyl groups excluding tert-OH is 1. The average molecular weight is 449 g/mol. The van der Waals surface area contributed by atoms with Crippen LogP contribution in [0.5, 0.6) is 0 Å². The van der Waals surface area contributed by atoms with Gasteiger partial charge >= 0.3 is 5.97 Å². The summed E-state index contributed by atoms with van der Waals surface area (Å²) < 4.78 is 44.2. The van der Waals surface area contributed by atoms with Crippen LogP contribution >= 0.6 is 0 Å². The zero-order valence-electron chi connectivity index (χ0n) is 20.4. The number of rotatable bonds is 10. The first-order valence-electron chi connectivity index (χ1n) is 11.5. The van der Waals surface area contributed by atoms with Crippen LogP contribution in [-0.2, 0) is 38.2 Å². The number of hydrogen-bond acceptors (Lipinski definition) is 11. The Balaban J connectivity index is 3.52. The number of Topliss-reactive ketones (excluding diaryl/α,β-unsaturated/α-hetero) is 3. The second kappa shape index (κ2) is 10.2. The smallest absolute Gasteiger partial charge is 0.302 e. The Labute approximate surface area is 183 Å². The summed E-state index contributed by atoms with van der Waals surface area (Å²) in [4.78, 5) is 60.2. The first-order chi connectivity index (χ1) is 16.4. The Hall–Kier alpha value is -2.51. The predicted octanol–water partition coefficient (Wildman–Crippen LogP) is -2.45. The van der Waals surface area contributed by atoms with Crippen LogP contribution in [0.1, 0.15) is 33.1 Å². The molecule has 4 N–H and O–H groups in total. The third-order valence-electron chi connectivity index (χ3n) is 4.58. The molecule has 6 atom stereocenters. The molecular weight excluding hydrogens is 418 g/mol. The molecule has 0 aromatic rings. The lowest BCUT2D eigenvalue weighted by Crippen LogP contribution is -2.80. The van der Waals surface area contributed by atoms with Gasteiger partial charge in [-0.2, -0.15) is 0 Å². The summed E-state index contributed by atoms with van der Waals surface area (Å²) >= 11 is 0. The SMILES string of the molecule is [2H]CC(=O)OC[C@H]1OC(OC(CNC(=O)C=C)C(=O)C[2H])[C@@H](O)[C@](O)(C(=O)C[2H])[C@@]1(O)C(=O)C[2H]. The topological polar surface area (TPSA) is 186 Å². The van der Waals surface area contributed by atoms with Gasteiger partial charge in [0, 0.05) is 12.4 Å². The van der Waals surface area contributed by atoms with Crippen molar-refractivity contribution >= 4 is 29.2 Å². The van der Waals surface area contributed by atoms with Crippen LogP contribution in [0.15, 0.2) is 12.7 Å². The second-order valence-electron chi connectivity index (χ2n) is 6.54. The first kappa shape index (κ1) is 20.4. The number of carbonyl (C=O) groups is 5. The maximum absolute atomic E-state index is 12.6. The van der Waals surface area contributed by atoms with Crippen molar-refractivity contribution in [2.45, 2.75) is 63.4 Å². The minimum absolute atomic E-state index is 0.575. The van der Waals surface area contributed by atoms with E-state index in [1.54, 1.807) is 0 Å². The van der Waals surface area contributed by atoms with Crippen molar-refractivity contribution in [1.29, 1.82) is 0 Å². The zero-order chi connectivity index (χ0) is 27.0. The highest BCUT2D eigenvalue weighted by Crippen LogP contribution is 2.40. The molecule has 174 valence electrons. The highest BCUT2D eigenvalue weighted by atomic mass is 16.7. The number of aliphatic hydroxyl groups is 3.